The van der Waals surface area contributed by atoms with E-state index in [1.165, 1.54) is 18.2 Å². The summed E-state index contributed by atoms with van der Waals surface area (Å²) in [5, 5.41) is 21.5. The van der Waals surface area contributed by atoms with E-state index in [-0.39, 0.29) is 16.5 Å². The quantitative estimate of drug-likeness (QED) is 0.301. The third kappa shape index (κ3) is 6.11. The molecule has 1 aliphatic heterocycles. The fourth-order valence-corrected chi connectivity index (χ4v) is 4.27. The first-order valence-electron chi connectivity index (χ1n) is 10.1. The first kappa shape index (κ1) is 27.2. The van der Waals surface area contributed by atoms with E-state index in [2.05, 4.69) is 15.9 Å². The molecule has 1 unspecified atom stereocenters. The highest BCUT2D eigenvalue weighted by Crippen LogP contribution is 2.43. The summed E-state index contributed by atoms with van der Waals surface area (Å²) in [7, 11) is 0. The highest BCUT2D eigenvalue weighted by molar-refractivity contribution is 9.08. The number of alkyl halides is 1. The molecule has 2 rings (SSSR count). The SMILES string of the molecule is CC(=O)OC[C@H]1OC(O)(c2cccc(C#N)c2CBr)[C@H](OC(C)=O)[C@@H](OC(C)=O)[C@@H]1OC(C)=O. The molecule has 1 aliphatic rings. The zero-order chi connectivity index (χ0) is 25.6. The van der Waals surface area contributed by atoms with Gasteiger partial charge in [0, 0.05) is 38.6 Å². The summed E-state index contributed by atoms with van der Waals surface area (Å²) in [4.78, 5) is 47.2. The van der Waals surface area contributed by atoms with Crippen LogP contribution >= 0.6 is 15.9 Å². The van der Waals surface area contributed by atoms with Crippen molar-refractivity contribution in [2.75, 3.05) is 6.61 Å². The highest BCUT2D eigenvalue weighted by atomic mass is 79.9. The second-order valence-electron chi connectivity index (χ2n) is 7.41. The number of ether oxygens (including phenoxy) is 5. The molecule has 0 saturated carbocycles. The molecule has 0 aliphatic carbocycles. The number of nitrogens with zero attached hydrogens (tertiary/aromatic N) is 1. The molecule has 1 aromatic rings. The van der Waals surface area contributed by atoms with Crippen molar-refractivity contribution >= 4 is 39.8 Å². The molecular formula is C22H24BrNO10. The number of hydrogen-bond acceptors (Lipinski definition) is 11. The van der Waals surface area contributed by atoms with Gasteiger partial charge in [0.15, 0.2) is 12.2 Å². The lowest BCUT2D eigenvalue weighted by molar-refractivity contribution is -0.360. The maximum Gasteiger partial charge on any atom is 0.303 e. The number of carbonyl (C=O) groups is 4. The molecule has 12 heteroatoms. The van der Waals surface area contributed by atoms with Crippen LogP contribution in [0.3, 0.4) is 0 Å². The fraction of sp³-hybridized carbons (Fsp3) is 0.500. The lowest BCUT2D eigenvalue weighted by Gasteiger charge is -2.49. The summed E-state index contributed by atoms with van der Waals surface area (Å²) in [6.45, 7) is 3.87. The van der Waals surface area contributed by atoms with Crippen LogP contribution in [-0.4, -0.2) is 60.0 Å². The van der Waals surface area contributed by atoms with E-state index in [1.54, 1.807) is 0 Å². The Hall–Kier alpha value is -3.01. The molecular weight excluding hydrogens is 518 g/mol. The van der Waals surface area contributed by atoms with Crippen molar-refractivity contribution in [1.82, 2.24) is 0 Å². The lowest BCUT2D eigenvalue weighted by atomic mass is 9.84. The van der Waals surface area contributed by atoms with Crippen LogP contribution in [0.1, 0.15) is 44.4 Å². The monoisotopic (exact) mass is 541 g/mol. The number of halogens is 1. The molecule has 184 valence electrons. The molecule has 1 N–H and O–H groups in total. The average molecular weight is 542 g/mol. The first-order chi connectivity index (χ1) is 15.9. The van der Waals surface area contributed by atoms with E-state index in [9.17, 15) is 29.5 Å². The number of rotatable bonds is 7. The van der Waals surface area contributed by atoms with Crippen LogP contribution in [0, 0.1) is 11.3 Å². The van der Waals surface area contributed by atoms with Crippen molar-refractivity contribution < 1.29 is 48.0 Å². The maximum absolute atomic E-state index is 12.0. The molecule has 0 bridgehead atoms. The molecule has 0 radical (unpaired) electrons. The molecule has 1 saturated heterocycles. The Bertz CT molecular complexity index is 1010. The predicted molar refractivity (Wildman–Crippen MR) is 116 cm³/mol. The van der Waals surface area contributed by atoms with E-state index in [1.807, 2.05) is 6.07 Å². The minimum Gasteiger partial charge on any atom is -0.463 e. The summed E-state index contributed by atoms with van der Waals surface area (Å²) >= 11 is 3.28. The average Bonchev–Trinajstić information content (AvgIpc) is 2.75. The van der Waals surface area contributed by atoms with Crippen molar-refractivity contribution in [3.8, 4) is 6.07 Å². The Morgan fingerprint density at radius 3 is 2.12 bits per heavy atom. The highest BCUT2D eigenvalue weighted by Gasteiger charge is 2.61. The van der Waals surface area contributed by atoms with Crippen molar-refractivity contribution in [2.45, 2.75) is 63.2 Å². The van der Waals surface area contributed by atoms with Crippen LogP contribution < -0.4 is 0 Å². The number of aliphatic hydroxyl groups is 1. The topological polar surface area (TPSA) is 158 Å². The molecule has 5 atom stereocenters. The Labute approximate surface area is 204 Å². The van der Waals surface area contributed by atoms with Crippen LogP contribution in [0.4, 0.5) is 0 Å². The summed E-state index contributed by atoms with van der Waals surface area (Å²) < 4.78 is 26.9. The van der Waals surface area contributed by atoms with Crippen LogP contribution in [0.5, 0.6) is 0 Å². The molecule has 0 spiro atoms. The second kappa shape index (κ2) is 11.4. The van der Waals surface area contributed by atoms with Crippen LogP contribution in [0.25, 0.3) is 0 Å². The van der Waals surface area contributed by atoms with Crippen LogP contribution in [0.2, 0.25) is 0 Å². The minimum atomic E-state index is -2.50. The van der Waals surface area contributed by atoms with Gasteiger partial charge >= 0.3 is 23.9 Å². The minimum absolute atomic E-state index is 0.0286. The normalized spacial score (nSPS) is 26.0. The van der Waals surface area contributed by atoms with Gasteiger partial charge < -0.3 is 28.8 Å². The van der Waals surface area contributed by atoms with Crippen molar-refractivity contribution in [3.05, 3.63) is 34.9 Å². The van der Waals surface area contributed by atoms with Gasteiger partial charge in [0.1, 0.15) is 12.7 Å². The molecule has 0 amide bonds. The molecule has 11 nitrogen and oxygen atoms in total. The molecule has 1 aromatic carbocycles. The third-order valence-electron chi connectivity index (χ3n) is 4.87. The van der Waals surface area contributed by atoms with Crippen LogP contribution in [0.15, 0.2) is 18.2 Å². The zero-order valence-corrected chi connectivity index (χ0v) is 20.5. The summed E-state index contributed by atoms with van der Waals surface area (Å²) in [6.07, 6.45) is -6.04. The third-order valence-corrected chi connectivity index (χ3v) is 5.43. The van der Waals surface area contributed by atoms with Gasteiger partial charge in [-0.25, -0.2) is 0 Å². The predicted octanol–water partition coefficient (Wildman–Crippen LogP) is 1.36. The van der Waals surface area contributed by atoms with Gasteiger partial charge in [-0.1, -0.05) is 28.1 Å². The van der Waals surface area contributed by atoms with Gasteiger partial charge in [-0.3, -0.25) is 19.2 Å². The fourth-order valence-electron chi connectivity index (χ4n) is 3.67. The number of carbonyl (C=O) groups excluding carboxylic acids is 4. The van der Waals surface area contributed by atoms with E-state index in [4.69, 9.17) is 23.7 Å². The standard InChI is InChI=1S/C22H24BrNO10/c1-11(25)30-10-18-19(31-12(2)26)20(32-13(3)27)21(33-14(4)28)22(29,34-18)17-7-5-6-15(9-24)16(17)8-23/h5-7,18-21,29H,8,10H2,1-4H3/t18-,19-,20+,21-,22?/m1/s1. The van der Waals surface area contributed by atoms with Gasteiger partial charge in [0.25, 0.3) is 0 Å². The summed E-state index contributed by atoms with van der Waals surface area (Å²) in [6, 6.07) is 6.43. The first-order valence-corrected chi connectivity index (χ1v) is 11.2. The van der Waals surface area contributed by atoms with Crippen molar-refractivity contribution in [2.24, 2.45) is 0 Å². The lowest BCUT2D eigenvalue weighted by Crippen LogP contribution is -2.66. The van der Waals surface area contributed by atoms with Gasteiger partial charge in [-0.2, -0.15) is 5.26 Å². The van der Waals surface area contributed by atoms with Gasteiger partial charge in [0.2, 0.25) is 11.9 Å². The zero-order valence-electron chi connectivity index (χ0n) is 18.9. The Kier molecular flexibility index (Phi) is 9.14. The molecule has 1 heterocycles. The number of benzene rings is 1. The Morgan fingerprint density at radius 1 is 1.03 bits per heavy atom. The maximum atomic E-state index is 12.0. The van der Waals surface area contributed by atoms with E-state index >= 15 is 0 Å². The largest absolute Gasteiger partial charge is 0.463 e. The van der Waals surface area contributed by atoms with Crippen molar-refractivity contribution in [1.29, 1.82) is 5.26 Å². The van der Waals surface area contributed by atoms with E-state index in [0.29, 0.717) is 5.56 Å². The van der Waals surface area contributed by atoms with Gasteiger partial charge in [-0.05, 0) is 11.6 Å². The van der Waals surface area contributed by atoms with E-state index in [0.717, 1.165) is 27.7 Å². The molecule has 0 aromatic heterocycles. The summed E-state index contributed by atoms with van der Waals surface area (Å²) in [5.74, 6) is -5.67. The summed E-state index contributed by atoms with van der Waals surface area (Å²) in [5.41, 5.74) is 0.528. The van der Waals surface area contributed by atoms with Crippen molar-refractivity contribution in [3.63, 3.8) is 0 Å². The number of esters is 4. The second-order valence-corrected chi connectivity index (χ2v) is 7.97. The Morgan fingerprint density at radius 2 is 1.62 bits per heavy atom. The molecule has 34 heavy (non-hydrogen) atoms. The van der Waals surface area contributed by atoms with Gasteiger partial charge in [0.05, 0.1) is 11.6 Å². The molecule has 1 fully saturated rings. The van der Waals surface area contributed by atoms with E-state index < -0.39 is 60.7 Å². The number of nitriles is 1. The smallest absolute Gasteiger partial charge is 0.303 e. The Balaban J connectivity index is 2.77. The van der Waals surface area contributed by atoms with Gasteiger partial charge in [-0.15, -0.1) is 0 Å². The number of hydrogen-bond donors (Lipinski definition) is 1. The van der Waals surface area contributed by atoms with Crippen LogP contribution in [-0.2, 0) is 54.0 Å².